The van der Waals surface area contributed by atoms with Crippen molar-refractivity contribution in [2.45, 2.75) is 38.8 Å². The van der Waals surface area contributed by atoms with Gasteiger partial charge in [-0.1, -0.05) is 0 Å². The maximum atomic E-state index is 12.6. The molecule has 2 aromatic rings. The summed E-state index contributed by atoms with van der Waals surface area (Å²) in [5.41, 5.74) is 1.37. The van der Waals surface area contributed by atoms with E-state index in [4.69, 9.17) is 9.47 Å². The number of imidazole rings is 1. The highest BCUT2D eigenvalue weighted by atomic mass is 16.5. The summed E-state index contributed by atoms with van der Waals surface area (Å²) < 4.78 is 12.9. The Labute approximate surface area is 178 Å². The number of piperidine rings is 1. The van der Waals surface area contributed by atoms with Crippen molar-refractivity contribution in [3.63, 3.8) is 0 Å². The van der Waals surface area contributed by atoms with Crippen molar-refractivity contribution < 1.29 is 14.3 Å². The first-order valence-electron chi connectivity index (χ1n) is 10.8. The first-order chi connectivity index (χ1) is 14.6. The molecule has 2 fully saturated rings. The molecule has 2 aliphatic rings. The van der Waals surface area contributed by atoms with Crippen LogP contribution in [-0.2, 0) is 17.9 Å². The first kappa shape index (κ1) is 20.7. The van der Waals surface area contributed by atoms with E-state index in [0.717, 1.165) is 75.5 Å². The third-order valence-electron chi connectivity index (χ3n) is 6.69. The van der Waals surface area contributed by atoms with Crippen molar-refractivity contribution in [3.05, 3.63) is 42.5 Å². The van der Waals surface area contributed by atoms with E-state index >= 15 is 0 Å². The van der Waals surface area contributed by atoms with Gasteiger partial charge in [-0.05, 0) is 62.4 Å². The lowest BCUT2D eigenvalue weighted by Gasteiger charge is -2.33. The Morgan fingerprint density at radius 1 is 1.27 bits per heavy atom. The molecule has 1 aliphatic heterocycles. The number of amides is 1. The summed E-state index contributed by atoms with van der Waals surface area (Å²) >= 11 is 0. The van der Waals surface area contributed by atoms with Crippen LogP contribution in [0.3, 0.4) is 0 Å². The quantitative estimate of drug-likeness (QED) is 0.642. The fourth-order valence-corrected chi connectivity index (χ4v) is 4.69. The molecule has 162 valence electrons. The molecule has 7 heteroatoms. The topological polar surface area (TPSA) is 68.6 Å². The standard InChI is InChI=1S/C23H32N4O3/c1-29-19-4-5-21(30-2)18(14-19)16-26-11-6-23(7-12-26)15-20(23)22(28)25-8-3-10-27-13-9-24-17-27/h4-5,9,13-14,17,20H,3,6-8,10-12,15-16H2,1-2H3,(H,25,28)/t20-/m1/s1. The van der Waals surface area contributed by atoms with Crippen molar-refractivity contribution >= 4 is 5.91 Å². The summed E-state index contributed by atoms with van der Waals surface area (Å²) in [7, 11) is 3.39. The van der Waals surface area contributed by atoms with Crippen LogP contribution in [0.15, 0.2) is 36.9 Å². The minimum atomic E-state index is 0.194. The number of hydrogen-bond acceptors (Lipinski definition) is 5. The predicted octanol–water partition coefficient (Wildman–Crippen LogP) is 2.71. The van der Waals surface area contributed by atoms with Crippen LogP contribution in [-0.4, -0.2) is 54.2 Å². The Balaban J connectivity index is 1.22. The van der Waals surface area contributed by atoms with E-state index < -0.39 is 0 Å². The lowest BCUT2D eigenvalue weighted by atomic mass is 9.90. The molecule has 1 amide bonds. The molecule has 2 heterocycles. The molecule has 1 aromatic heterocycles. The van der Waals surface area contributed by atoms with Gasteiger partial charge in [0, 0.05) is 43.5 Å². The van der Waals surface area contributed by atoms with Crippen LogP contribution in [0.5, 0.6) is 11.5 Å². The molecule has 1 aromatic carbocycles. The second-order valence-electron chi connectivity index (χ2n) is 8.52. The zero-order valence-electron chi connectivity index (χ0n) is 18.0. The van der Waals surface area contributed by atoms with E-state index in [1.54, 1.807) is 20.4 Å². The molecule has 1 spiro atoms. The van der Waals surface area contributed by atoms with Crippen LogP contribution >= 0.6 is 0 Å². The van der Waals surface area contributed by atoms with E-state index in [2.05, 4.69) is 21.3 Å². The number of likely N-dealkylation sites (tertiary alicyclic amines) is 1. The Morgan fingerprint density at radius 3 is 2.80 bits per heavy atom. The van der Waals surface area contributed by atoms with Crippen LogP contribution in [0, 0.1) is 11.3 Å². The molecular weight excluding hydrogens is 380 g/mol. The molecule has 1 saturated heterocycles. The number of nitrogens with zero attached hydrogens (tertiary/aromatic N) is 3. The highest BCUT2D eigenvalue weighted by Gasteiger charge is 2.58. The predicted molar refractivity (Wildman–Crippen MR) is 114 cm³/mol. The molecule has 1 saturated carbocycles. The van der Waals surface area contributed by atoms with Gasteiger partial charge in [0.25, 0.3) is 0 Å². The number of carbonyl (C=O) groups is 1. The SMILES string of the molecule is COc1ccc(OC)c(CN2CCC3(CC2)C[C@@H]3C(=O)NCCCn2ccnc2)c1. The third-order valence-corrected chi connectivity index (χ3v) is 6.69. The lowest BCUT2D eigenvalue weighted by Crippen LogP contribution is -2.37. The summed E-state index contributed by atoms with van der Waals surface area (Å²) in [5.74, 6) is 2.18. The van der Waals surface area contributed by atoms with Gasteiger partial charge in [0.15, 0.2) is 0 Å². The molecule has 0 unspecified atom stereocenters. The van der Waals surface area contributed by atoms with Gasteiger partial charge in [0.2, 0.25) is 5.91 Å². The highest BCUT2D eigenvalue weighted by molar-refractivity contribution is 5.82. The number of carbonyl (C=O) groups excluding carboxylic acids is 1. The first-order valence-corrected chi connectivity index (χ1v) is 10.8. The Morgan fingerprint density at radius 2 is 2.10 bits per heavy atom. The largest absolute Gasteiger partial charge is 0.497 e. The van der Waals surface area contributed by atoms with Crippen LogP contribution in [0.4, 0.5) is 0 Å². The van der Waals surface area contributed by atoms with Gasteiger partial charge in [-0.25, -0.2) is 4.98 Å². The second-order valence-corrected chi connectivity index (χ2v) is 8.52. The van der Waals surface area contributed by atoms with E-state index in [9.17, 15) is 4.79 Å². The molecule has 7 nitrogen and oxygen atoms in total. The zero-order chi connectivity index (χ0) is 21.0. The molecule has 0 radical (unpaired) electrons. The molecule has 1 N–H and O–H groups in total. The van der Waals surface area contributed by atoms with Gasteiger partial charge in [0.1, 0.15) is 11.5 Å². The summed E-state index contributed by atoms with van der Waals surface area (Å²) in [5, 5.41) is 3.14. The summed E-state index contributed by atoms with van der Waals surface area (Å²) in [4.78, 5) is 19.1. The lowest BCUT2D eigenvalue weighted by molar-refractivity contribution is -0.123. The van der Waals surface area contributed by atoms with Gasteiger partial charge in [-0.15, -0.1) is 0 Å². The van der Waals surface area contributed by atoms with Gasteiger partial charge >= 0.3 is 0 Å². The number of aromatic nitrogens is 2. The zero-order valence-corrected chi connectivity index (χ0v) is 18.0. The molecule has 30 heavy (non-hydrogen) atoms. The van der Waals surface area contributed by atoms with Crippen molar-refractivity contribution in [3.8, 4) is 11.5 Å². The number of aryl methyl sites for hydroxylation is 1. The van der Waals surface area contributed by atoms with Crippen LogP contribution < -0.4 is 14.8 Å². The fourth-order valence-electron chi connectivity index (χ4n) is 4.69. The maximum absolute atomic E-state index is 12.6. The molecule has 0 bridgehead atoms. The van der Waals surface area contributed by atoms with Crippen molar-refractivity contribution in [2.24, 2.45) is 11.3 Å². The summed E-state index contributed by atoms with van der Waals surface area (Å²) in [6, 6.07) is 5.95. The van der Waals surface area contributed by atoms with E-state index in [1.807, 2.05) is 29.2 Å². The van der Waals surface area contributed by atoms with Gasteiger partial charge in [-0.2, -0.15) is 0 Å². The normalized spacial score (nSPS) is 20.1. The number of rotatable bonds is 9. The van der Waals surface area contributed by atoms with Gasteiger partial charge in [-0.3, -0.25) is 9.69 Å². The van der Waals surface area contributed by atoms with Crippen LogP contribution in [0.2, 0.25) is 0 Å². The van der Waals surface area contributed by atoms with Crippen molar-refractivity contribution in [2.75, 3.05) is 33.9 Å². The highest BCUT2D eigenvalue weighted by Crippen LogP contribution is 2.59. The third kappa shape index (κ3) is 4.61. The summed E-state index contributed by atoms with van der Waals surface area (Å²) in [6.07, 6.45) is 9.69. The second kappa shape index (κ2) is 9.08. The number of ether oxygens (including phenoxy) is 2. The van der Waals surface area contributed by atoms with Crippen molar-refractivity contribution in [1.82, 2.24) is 19.8 Å². The molecule has 1 atom stereocenters. The Kier molecular flexibility index (Phi) is 6.27. The number of hydrogen-bond donors (Lipinski definition) is 1. The van der Waals surface area contributed by atoms with Gasteiger partial charge < -0.3 is 19.4 Å². The number of nitrogens with one attached hydrogen (secondary N) is 1. The molecular formula is C23H32N4O3. The average Bonchev–Trinajstić information content (AvgIpc) is 3.21. The smallest absolute Gasteiger partial charge is 0.223 e. The minimum Gasteiger partial charge on any atom is -0.497 e. The maximum Gasteiger partial charge on any atom is 0.223 e. The van der Waals surface area contributed by atoms with E-state index in [0.29, 0.717) is 0 Å². The van der Waals surface area contributed by atoms with E-state index in [-0.39, 0.29) is 17.2 Å². The molecule has 4 rings (SSSR count). The number of benzene rings is 1. The number of methoxy groups -OCH3 is 2. The van der Waals surface area contributed by atoms with E-state index in [1.165, 1.54) is 0 Å². The van der Waals surface area contributed by atoms with Crippen LogP contribution in [0.25, 0.3) is 0 Å². The van der Waals surface area contributed by atoms with Crippen LogP contribution in [0.1, 0.15) is 31.2 Å². The van der Waals surface area contributed by atoms with Crippen molar-refractivity contribution in [1.29, 1.82) is 0 Å². The average molecular weight is 413 g/mol. The minimum absolute atomic E-state index is 0.194. The van der Waals surface area contributed by atoms with Gasteiger partial charge in [0.05, 0.1) is 20.5 Å². The monoisotopic (exact) mass is 412 g/mol. The summed E-state index contributed by atoms with van der Waals surface area (Å²) in [6.45, 7) is 4.50. The Hall–Kier alpha value is -2.54. The Bertz CT molecular complexity index is 844. The molecule has 1 aliphatic carbocycles. The fraction of sp³-hybridized carbons (Fsp3) is 0.565.